The van der Waals surface area contributed by atoms with Crippen LogP contribution in [-0.4, -0.2) is 60.8 Å². The minimum atomic E-state index is -0.0925. The van der Waals surface area contributed by atoms with Gasteiger partial charge in [-0.2, -0.15) is 0 Å². The van der Waals surface area contributed by atoms with Crippen molar-refractivity contribution in [2.24, 2.45) is 5.92 Å². The fraction of sp³-hybridized carbons (Fsp3) is 0.667. The van der Waals surface area contributed by atoms with Gasteiger partial charge in [-0.05, 0) is 43.3 Å². The van der Waals surface area contributed by atoms with Crippen molar-refractivity contribution in [1.82, 2.24) is 15.1 Å². The number of carbonyl (C=O) groups excluding carboxylic acids is 1. The summed E-state index contributed by atoms with van der Waals surface area (Å²) in [7, 11) is 1.70. The van der Waals surface area contributed by atoms with Gasteiger partial charge in [0.1, 0.15) is 0 Å². The predicted octanol–water partition coefficient (Wildman–Crippen LogP) is 1.59. The summed E-state index contributed by atoms with van der Waals surface area (Å²) in [6, 6.07) is 4.20. The Morgan fingerprint density at radius 3 is 2.90 bits per heavy atom. The predicted molar refractivity (Wildman–Crippen MR) is 85.4 cm³/mol. The summed E-state index contributed by atoms with van der Waals surface area (Å²) in [6.07, 6.45) is 2.27. The summed E-state index contributed by atoms with van der Waals surface area (Å²) in [5.74, 6) is 0.566. The molecule has 0 unspecified atom stereocenters. The molecule has 0 radical (unpaired) electrons. The van der Waals surface area contributed by atoms with E-state index in [1.54, 1.807) is 7.05 Å². The van der Waals surface area contributed by atoms with Gasteiger partial charge >= 0.3 is 6.03 Å². The van der Waals surface area contributed by atoms with Crippen molar-refractivity contribution in [3.8, 4) is 0 Å². The molecule has 1 aromatic heterocycles. The van der Waals surface area contributed by atoms with Gasteiger partial charge in [-0.25, -0.2) is 4.79 Å². The van der Waals surface area contributed by atoms with Crippen LogP contribution in [0.4, 0.5) is 4.79 Å². The molecule has 1 saturated heterocycles. The highest BCUT2D eigenvalue weighted by molar-refractivity contribution is 7.09. The van der Waals surface area contributed by atoms with Gasteiger partial charge in [0, 0.05) is 31.6 Å². The van der Waals surface area contributed by atoms with Crippen molar-refractivity contribution in [1.29, 1.82) is 0 Å². The summed E-state index contributed by atoms with van der Waals surface area (Å²) in [5.41, 5.74) is 0. The summed E-state index contributed by atoms with van der Waals surface area (Å²) in [6.45, 7) is 4.38. The Labute approximate surface area is 130 Å². The smallest absolute Gasteiger partial charge is 0.317 e. The lowest BCUT2D eigenvalue weighted by Gasteiger charge is -2.32. The molecule has 118 valence electrons. The van der Waals surface area contributed by atoms with Gasteiger partial charge < -0.3 is 15.3 Å². The van der Waals surface area contributed by atoms with E-state index in [4.69, 9.17) is 5.11 Å². The minimum Gasteiger partial charge on any atom is -0.395 e. The molecule has 6 heteroatoms. The van der Waals surface area contributed by atoms with Gasteiger partial charge in [0.15, 0.2) is 0 Å². The number of piperidine rings is 1. The van der Waals surface area contributed by atoms with Crippen LogP contribution in [0.25, 0.3) is 0 Å². The van der Waals surface area contributed by atoms with E-state index in [-0.39, 0.29) is 12.6 Å². The van der Waals surface area contributed by atoms with E-state index in [0.29, 0.717) is 12.5 Å². The number of thiophene rings is 1. The average molecular weight is 311 g/mol. The van der Waals surface area contributed by atoms with Crippen LogP contribution in [-0.2, 0) is 6.54 Å². The highest BCUT2D eigenvalue weighted by Gasteiger charge is 2.20. The van der Waals surface area contributed by atoms with Crippen LogP contribution < -0.4 is 5.32 Å². The number of urea groups is 1. The van der Waals surface area contributed by atoms with Crippen molar-refractivity contribution < 1.29 is 9.90 Å². The molecule has 1 aliphatic heterocycles. The van der Waals surface area contributed by atoms with Gasteiger partial charge in [0.05, 0.1) is 6.61 Å². The topological polar surface area (TPSA) is 55.8 Å². The maximum atomic E-state index is 11.7. The SMILES string of the molecule is CN(CCO)C(=O)NCC1CCN(Cc2cccs2)CC1. The molecule has 1 fully saturated rings. The van der Waals surface area contributed by atoms with Crippen molar-refractivity contribution >= 4 is 17.4 Å². The number of aliphatic hydroxyl groups excluding tert-OH is 1. The van der Waals surface area contributed by atoms with Crippen molar-refractivity contribution in [2.75, 3.05) is 39.8 Å². The first kappa shape index (κ1) is 16.3. The van der Waals surface area contributed by atoms with Gasteiger partial charge in [0.25, 0.3) is 0 Å². The highest BCUT2D eigenvalue weighted by atomic mass is 32.1. The van der Waals surface area contributed by atoms with Crippen molar-refractivity contribution in [2.45, 2.75) is 19.4 Å². The standard InChI is InChI=1S/C15H25N3O2S/c1-17(8-9-19)15(20)16-11-13-4-6-18(7-5-13)12-14-3-2-10-21-14/h2-3,10,13,19H,4-9,11-12H2,1H3,(H,16,20). The van der Waals surface area contributed by atoms with Gasteiger partial charge in [-0.1, -0.05) is 6.07 Å². The van der Waals surface area contributed by atoms with Crippen LogP contribution >= 0.6 is 11.3 Å². The van der Waals surface area contributed by atoms with Gasteiger partial charge in [-0.3, -0.25) is 4.90 Å². The molecule has 0 bridgehead atoms. The quantitative estimate of drug-likeness (QED) is 0.839. The number of hydrogen-bond donors (Lipinski definition) is 2. The van der Waals surface area contributed by atoms with E-state index in [1.807, 2.05) is 11.3 Å². The molecule has 0 spiro atoms. The molecule has 21 heavy (non-hydrogen) atoms. The number of likely N-dealkylation sites (tertiary alicyclic amines) is 1. The van der Waals surface area contributed by atoms with Crippen molar-refractivity contribution in [3.05, 3.63) is 22.4 Å². The fourth-order valence-corrected chi connectivity index (χ4v) is 3.34. The number of hydrogen-bond acceptors (Lipinski definition) is 4. The zero-order valence-electron chi connectivity index (χ0n) is 12.6. The molecule has 1 aliphatic rings. The number of rotatable bonds is 6. The second-order valence-corrected chi connectivity index (χ2v) is 6.66. The molecule has 0 saturated carbocycles. The molecule has 2 rings (SSSR count). The fourth-order valence-electron chi connectivity index (χ4n) is 2.59. The molecule has 0 atom stereocenters. The van der Waals surface area contributed by atoms with E-state index >= 15 is 0 Å². The Hall–Kier alpha value is -1.11. The molecule has 5 nitrogen and oxygen atoms in total. The largest absolute Gasteiger partial charge is 0.395 e. The molecule has 1 aromatic rings. The van der Waals surface area contributed by atoms with E-state index in [9.17, 15) is 4.79 Å². The molecule has 2 amide bonds. The van der Waals surface area contributed by atoms with Gasteiger partial charge in [0.2, 0.25) is 0 Å². The number of carbonyl (C=O) groups is 1. The molecule has 2 heterocycles. The second kappa shape index (κ2) is 8.36. The summed E-state index contributed by atoms with van der Waals surface area (Å²) in [4.78, 5) is 17.2. The molecule has 0 aliphatic carbocycles. The van der Waals surface area contributed by atoms with E-state index in [2.05, 4.69) is 27.7 Å². The average Bonchev–Trinajstić information content (AvgIpc) is 2.99. The summed E-state index contributed by atoms with van der Waals surface area (Å²) < 4.78 is 0. The summed E-state index contributed by atoms with van der Waals surface area (Å²) >= 11 is 1.81. The monoisotopic (exact) mass is 311 g/mol. The van der Waals surface area contributed by atoms with Crippen LogP contribution in [0.5, 0.6) is 0 Å². The molecular weight excluding hydrogens is 286 g/mol. The van der Waals surface area contributed by atoms with Crippen LogP contribution in [0.1, 0.15) is 17.7 Å². The van der Waals surface area contributed by atoms with Crippen molar-refractivity contribution in [3.63, 3.8) is 0 Å². The Morgan fingerprint density at radius 2 is 2.29 bits per heavy atom. The Bertz CT molecular complexity index is 417. The normalized spacial score (nSPS) is 16.9. The Morgan fingerprint density at radius 1 is 1.52 bits per heavy atom. The zero-order chi connectivity index (χ0) is 15.1. The molecule has 0 aromatic carbocycles. The number of nitrogens with zero attached hydrogens (tertiary/aromatic N) is 2. The zero-order valence-corrected chi connectivity index (χ0v) is 13.4. The molecule has 2 N–H and O–H groups in total. The summed E-state index contributed by atoms with van der Waals surface area (Å²) in [5, 5.41) is 13.9. The minimum absolute atomic E-state index is 0.00499. The number of amides is 2. The third-order valence-electron chi connectivity index (χ3n) is 3.99. The lowest BCUT2D eigenvalue weighted by atomic mass is 9.97. The van der Waals surface area contributed by atoms with Gasteiger partial charge in [-0.15, -0.1) is 11.3 Å². The first-order chi connectivity index (χ1) is 10.2. The number of aliphatic hydroxyl groups is 1. The van der Waals surface area contributed by atoms with E-state index in [1.165, 1.54) is 9.78 Å². The lowest BCUT2D eigenvalue weighted by molar-refractivity contribution is 0.168. The first-order valence-corrected chi connectivity index (χ1v) is 8.41. The Kier molecular flexibility index (Phi) is 6.48. The van der Waals surface area contributed by atoms with Crippen LogP contribution in [0.2, 0.25) is 0 Å². The first-order valence-electron chi connectivity index (χ1n) is 7.53. The van der Waals surface area contributed by atoms with Crippen LogP contribution in [0.3, 0.4) is 0 Å². The maximum absolute atomic E-state index is 11.7. The number of nitrogens with one attached hydrogen (secondary N) is 1. The lowest BCUT2D eigenvalue weighted by Crippen LogP contribution is -2.43. The van der Waals surface area contributed by atoms with Crippen LogP contribution in [0.15, 0.2) is 17.5 Å². The third kappa shape index (κ3) is 5.30. The highest BCUT2D eigenvalue weighted by Crippen LogP contribution is 2.20. The van der Waals surface area contributed by atoms with E-state index in [0.717, 1.165) is 39.0 Å². The molecular formula is C15H25N3O2S. The Balaban J connectivity index is 1.64. The number of likely N-dealkylation sites (N-methyl/N-ethyl adjacent to an activating group) is 1. The maximum Gasteiger partial charge on any atom is 0.317 e. The second-order valence-electron chi connectivity index (χ2n) is 5.63. The van der Waals surface area contributed by atoms with E-state index < -0.39 is 0 Å². The third-order valence-corrected chi connectivity index (χ3v) is 4.85. The van der Waals surface area contributed by atoms with Crippen LogP contribution in [0, 0.1) is 5.92 Å².